The van der Waals surface area contributed by atoms with E-state index in [1.165, 1.54) is 23.5 Å². The molecule has 2 aromatic rings. The molecule has 0 amide bonds. The summed E-state index contributed by atoms with van der Waals surface area (Å²) in [5.41, 5.74) is 0. The Labute approximate surface area is 133 Å². The first-order chi connectivity index (χ1) is 10.1. The molecular formula is C16H14O2S3. The lowest BCUT2D eigenvalue weighted by molar-refractivity contribution is 0.596. The van der Waals surface area contributed by atoms with Crippen molar-refractivity contribution in [2.24, 2.45) is 0 Å². The third-order valence-electron chi connectivity index (χ3n) is 2.71. The summed E-state index contributed by atoms with van der Waals surface area (Å²) in [7, 11) is -3.47. The largest absolute Gasteiger partial charge is 0.219 e. The van der Waals surface area contributed by atoms with Crippen molar-refractivity contribution in [2.75, 3.05) is 0 Å². The van der Waals surface area contributed by atoms with Gasteiger partial charge in [0.25, 0.3) is 0 Å². The van der Waals surface area contributed by atoms with Crippen LogP contribution in [0.15, 0.2) is 92.1 Å². The summed E-state index contributed by atoms with van der Waals surface area (Å²) in [6, 6.07) is 13.6. The SMILES string of the molecule is C=CSc1ccc(S(=O)(=O)c2ccc(SC=C)cc2)cc1. The van der Waals surface area contributed by atoms with Gasteiger partial charge >= 0.3 is 0 Å². The molecule has 2 rings (SSSR count). The predicted molar refractivity (Wildman–Crippen MR) is 90.4 cm³/mol. The highest BCUT2D eigenvalue weighted by atomic mass is 32.2. The van der Waals surface area contributed by atoms with Crippen LogP contribution in [0.5, 0.6) is 0 Å². The summed E-state index contributed by atoms with van der Waals surface area (Å²) in [6.45, 7) is 7.27. The summed E-state index contributed by atoms with van der Waals surface area (Å²) in [4.78, 5) is 2.50. The van der Waals surface area contributed by atoms with E-state index in [9.17, 15) is 8.42 Å². The van der Waals surface area contributed by atoms with Crippen LogP contribution in [0.3, 0.4) is 0 Å². The van der Waals surface area contributed by atoms with E-state index in [0.717, 1.165) is 9.79 Å². The fourth-order valence-electron chi connectivity index (χ4n) is 1.72. The molecule has 2 aromatic carbocycles. The van der Waals surface area contributed by atoms with Gasteiger partial charge in [0.2, 0.25) is 9.84 Å². The molecule has 0 spiro atoms. The van der Waals surface area contributed by atoms with Gasteiger partial charge in [0, 0.05) is 9.79 Å². The molecule has 0 bridgehead atoms. The highest BCUT2D eigenvalue weighted by molar-refractivity contribution is 8.02. The second kappa shape index (κ2) is 7.02. The highest BCUT2D eigenvalue weighted by Crippen LogP contribution is 2.26. The topological polar surface area (TPSA) is 34.1 Å². The van der Waals surface area contributed by atoms with Crippen LogP contribution in [-0.4, -0.2) is 8.42 Å². The summed E-state index contributed by atoms with van der Waals surface area (Å²) >= 11 is 2.91. The summed E-state index contributed by atoms with van der Waals surface area (Å²) in [6.07, 6.45) is 0. The average Bonchev–Trinajstić information content (AvgIpc) is 2.49. The predicted octanol–water partition coefficient (Wildman–Crippen LogP) is 4.99. The number of hydrogen-bond acceptors (Lipinski definition) is 4. The molecule has 0 aromatic heterocycles. The third-order valence-corrected chi connectivity index (χ3v) is 5.91. The van der Waals surface area contributed by atoms with Crippen molar-refractivity contribution in [3.63, 3.8) is 0 Å². The van der Waals surface area contributed by atoms with Crippen LogP contribution in [0.2, 0.25) is 0 Å². The molecule has 0 heterocycles. The maximum atomic E-state index is 12.5. The monoisotopic (exact) mass is 334 g/mol. The number of benzene rings is 2. The van der Waals surface area contributed by atoms with Crippen LogP contribution in [0.4, 0.5) is 0 Å². The zero-order valence-corrected chi connectivity index (χ0v) is 13.7. The molecule has 0 aliphatic rings. The van der Waals surface area contributed by atoms with Crippen molar-refractivity contribution in [1.29, 1.82) is 0 Å². The zero-order chi connectivity index (χ0) is 15.3. The quantitative estimate of drug-likeness (QED) is 0.697. The van der Waals surface area contributed by atoms with Crippen LogP contribution < -0.4 is 0 Å². The van der Waals surface area contributed by atoms with E-state index >= 15 is 0 Å². The minimum absolute atomic E-state index is 0.292. The van der Waals surface area contributed by atoms with Crippen molar-refractivity contribution < 1.29 is 8.42 Å². The Bertz CT molecular complexity index is 671. The van der Waals surface area contributed by atoms with Crippen LogP contribution >= 0.6 is 23.5 Å². The summed E-state index contributed by atoms with van der Waals surface area (Å²) in [5.74, 6) is 0. The second-order valence-corrected chi connectivity index (χ2v) is 8.05. The number of thioether (sulfide) groups is 2. The van der Waals surface area contributed by atoms with Gasteiger partial charge in [-0.25, -0.2) is 8.42 Å². The standard InChI is InChI=1S/C16H14O2S3/c1-3-19-13-5-9-15(10-6-13)21(17,18)16-11-7-14(8-12-16)20-4-2/h3-12H,1-2H2. The highest BCUT2D eigenvalue weighted by Gasteiger charge is 2.17. The molecule has 0 atom stereocenters. The van der Waals surface area contributed by atoms with Gasteiger partial charge in [-0.05, 0) is 59.3 Å². The molecule has 108 valence electrons. The molecule has 0 aliphatic carbocycles. The number of rotatable bonds is 6. The van der Waals surface area contributed by atoms with Gasteiger partial charge in [0.1, 0.15) is 0 Å². The first-order valence-electron chi connectivity index (χ1n) is 6.08. The van der Waals surface area contributed by atoms with Gasteiger partial charge in [-0.2, -0.15) is 0 Å². The molecule has 0 unspecified atom stereocenters. The molecule has 0 radical (unpaired) electrons. The van der Waals surface area contributed by atoms with E-state index in [0.29, 0.717) is 9.79 Å². The minimum atomic E-state index is -3.47. The van der Waals surface area contributed by atoms with E-state index in [2.05, 4.69) is 13.2 Å². The lowest BCUT2D eigenvalue weighted by Gasteiger charge is -2.06. The van der Waals surface area contributed by atoms with Crippen molar-refractivity contribution in [3.05, 3.63) is 72.5 Å². The third kappa shape index (κ3) is 3.81. The van der Waals surface area contributed by atoms with Gasteiger partial charge in [-0.15, -0.1) is 0 Å². The van der Waals surface area contributed by atoms with Crippen LogP contribution in [0.1, 0.15) is 0 Å². The molecule has 0 N–H and O–H groups in total. The Morgan fingerprint density at radius 3 is 1.33 bits per heavy atom. The maximum absolute atomic E-state index is 12.5. The van der Waals surface area contributed by atoms with Crippen LogP contribution in [0.25, 0.3) is 0 Å². The zero-order valence-electron chi connectivity index (χ0n) is 11.2. The van der Waals surface area contributed by atoms with E-state index < -0.39 is 9.84 Å². The van der Waals surface area contributed by atoms with Gasteiger partial charge in [-0.1, -0.05) is 36.7 Å². The maximum Gasteiger partial charge on any atom is 0.206 e. The molecule has 0 aliphatic heterocycles. The average molecular weight is 334 g/mol. The summed E-state index contributed by atoms with van der Waals surface area (Å²) < 4.78 is 25.0. The lowest BCUT2D eigenvalue weighted by Crippen LogP contribution is -2.01. The van der Waals surface area contributed by atoms with E-state index in [1.807, 2.05) is 0 Å². The molecule has 0 saturated heterocycles. The van der Waals surface area contributed by atoms with E-state index in [4.69, 9.17) is 0 Å². The van der Waals surface area contributed by atoms with Crippen molar-refractivity contribution in [1.82, 2.24) is 0 Å². The van der Waals surface area contributed by atoms with Gasteiger partial charge in [0.05, 0.1) is 9.79 Å². The smallest absolute Gasteiger partial charge is 0.206 e. The van der Waals surface area contributed by atoms with Gasteiger partial charge in [-0.3, -0.25) is 0 Å². The first kappa shape index (κ1) is 15.9. The molecule has 0 fully saturated rings. The van der Waals surface area contributed by atoms with Crippen LogP contribution in [-0.2, 0) is 9.84 Å². The molecule has 5 heteroatoms. The van der Waals surface area contributed by atoms with Gasteiger partial charge in [0.15, 0.2) is 0 Å². The molecule has 21 heavy (non-hydrogen) atoms. The van der Waals surface area contributed by atoms with Crippen molar-refractivity contribution in [2.45, 2.75) is 19.6 Å². The Balaban J connectivity index is 2.32. The number of sulfone groups is 1. The molecule has 0 saturated carbocycles. The fourth-order valence-corrected chi connectivity index (χ4v) is 3.96. The van der Waals surface area contributed by atoms with Gasteiger partial charge < -0.3 is 0 Å². The fraction of sp³-hybridized carbons (Fsp3) is 0. The normalized spacial score (nSPS) is 11.0. The second-order valence-electron chi connectivity index (χ2n) is 4.02. The lowest BCUT2D eigenvalue weighted by atomic mass is 10.4. The first-order valence-corrected chi connectivity index (χ1v) is 9.32. The van der Waals surface area contributed by atoms with Crippen molar-refractivity contribution >= 4 is 33.4 Å². The minimum Gasteiger partial charge on any atom is -0.219 e. The van der Waals surface area contributed by atoms with E-state index in [-0.39, 0.29) is 0 Å². The van der Waals surface area contributed by atoms with Crippen LogP contribution in [0, 0.1) is 0 Å². The van der Waals surface area contributed by atoms with Crippen molar-refractivity contribution in [3.8, 4) is 0 Å². The number of hydrogen-bond donors (Lipinski definition) is 0. The Morgan fingerprint density at radius 2 is 1.05 bits per heavy atom. The molecular weight excluding hydrogens is 320 g/mol. The Morgan fingerprint density at radius 1 is 0.714 bits per heavy atom. The molecule has 2 nitrogen and oxygen atoms in total. The summed E-state index contributed by atoms with van der Waals surface area (Å²) in [5, 5.41) is 3.42. The van der Waals surface area contributed by atoms with E-state index in [1.54, 1.807) is 59.3 Å². The Hall–Kier alpha value is -1.43. The Kier molecular flexibility index (Phi) is 5.33.